The maximum absolute atomic E-state index is 11.8. The van der Waals surface area contributed by atoms with Crippen LogP contribution in [0.15, 0.2) is 42.7 Å². The average Bonchev–Trinajstić information content (AvgIpc) is 3.11. The van der Waals surface area contributed by atoms with E-state index in [4.69, 9.17) is 27.9 Å². The molecule has 0 radical (unpaired) electrons. The van der Waals surface area contributed by atoms with Crippen molar-refractivity contribution >= 4 is 34.8 Å². The second-order valence-electron chi connectivity index (χ2n) is 4.66. The first-order valence-corrected chi connectivity index (χ1v) is 7.04. The third-order valence-electron chi connectivity index (χ3n) is 3.02. The average molecular weight is 324 g/mol. The Morgan fingerprint density at radius 1 is 1.24 bits per heavy atom. The molecule has 1 atom stereocenters. The summed E-state index contributed by atoms with van der Waals surface area (Å²) in [6.45, 7) is 0. The quantitative estimate of drug-likeness (QED) is 0.876. The van der Waals surface area contributed by atoms with Crippen LogP contribution in [0.4, 0.5) is 5.69 Å². The lowest BCUT2D eigenvalue weighted by Gasteiger charge is -2.07. The van der Waals surface area contributed by atoms with Gasteiger partial charge in [-0.25, -0.2) is 9.97 Å². The van der Waals surface area contributed by atoms with Gasteiger partial charge >= 0.3 is 6.01 Å². The molecule has 1 N–H and O–H groups in total. The number of carbonyl (C=O) groups excluding carboxylic acids is 1. The van der Waals surface area contributed by atoms with Crippen molar-refractivity contribution < 1.29 is 9.53 Å². The fourth-order valence-corrected chi connectivity index (χ4v) is 2.28. The molecule has 21 heavy (non-hydrogen) atoms. The summed E-state index contributed by atoms with van der Waals surface area (Å²) >= 11 is 11.7. The minimum absolute atomic E-state index is 0.180. The Kier molecular flexibility index (Phi) is 3.69. The third-order valence-corrected chi connectivity index (χ3v) is 3.85. The molecule has 0 bridgehead atoms. The Morgan fingerprint density at radius 3 is 2.43 bits per heavy atom. The number of carbonyl (C=O) groups is 1. The number of rotatable bonds is 4. The first-order chi connectivity index (χ1) is 10.0. The highest BCUT2D eigenvalue weighted by molar-refractivity contribution is 6.52. The van der Waals surface area contributed by atoms with Crippen LogP contribution in [0, 0.1) is 5.92 Å². The first-order valence-electron chi connectivity index (χ1n) is 6.28. The predicted molar refractivity (Wildman–Crippen MR) is 79.7 cm³/mol. The Labute approximate surface area is 131 Å². The summed E-state index contributed by atoms with van der Waals surface area (Å²) in [6, 6.07) is 8.85. The SMILES string of the molecule is O=C(Nc1ccc(Oc2ncccn2)cc1)C1CC1(Cl)Cl. The molecular weight excluding hydrogens is 313 g/mol. The van der Waals surface area contributed by atoms with Gasteiger partial charge in [0.1, 0.15) is 10.1 Å². The predicted octanol–water partition coefficient (Wildman–Crippen LogP) is 3.40. The van der Waals surface area contributed by atoms with Crippen molar-refractivity contribution in [1.29, 1.82) is 0 Å². The first kappa shape index (κ1) is 14.1. The molecule has 1 fully saturated rings. The van der Waals surface area contributed by atoms with Crippen LogP contribution in [0.2, 0.25) is 0 Å². The molecule has 0 saturated heterocycles. The molecule has 1 aliphatic carbocycles. The van der Waals surface area contributed by atoms with E-state index in [9.17, 15) is 4.79 Å². The molecule has 2 aromatic rings. The van der Waals surface area contributed by atoms with Crippen molar-refractivity contribution in [3.63, 3.8) is 0 Å². The van der Waals surface area contributed by atoms with Crippen LogP contribution in [0.25, 0.3) is 0 Å². The molecule has 1 aromatic carbocycles. The summed E-state index contributed by atoms with van der Waals surface area (Å²) in [5.41, 5.74) is 0.650. The largest absolute Gasteiger partial charge is 0.424 e. The van der Waals surface area contributed by atoms with Gasteiger partial charge < -0.3 is 10.1 Å². The standard InChI is InChI=1S/C14H11Cl2N3O2/c15-14(16)8-11(14)12(20)19-9-2-4-10(5-3-9)21-13-17-6-1-7-18-13/h1-7,11H,8H2,(H,19,20). The highest BCUT2D eigenvalue weighted by Gasteiger charge is 2.56. The van der Waals surface area contributed by atoms with E-state index < -0.39 is 4.33 Å². The number of aromatic nitrogens is 2. The summed E-state index contributed by atoms with van der Waals surface area (Å²) in [6.07, 6.45) is 3.67. The number of amides is 1. The minimum Gasteiger partial charge on any atom is -0.424 e. The van der Waals surface area contributed by atoms with E-state index in [2.05, 4.69) is 15.3 Å². The zero-order chi connectivity index (χ0) is 14.9. The van der Waals surface area contributed by atoms with E-state index in [0.717, 1.165) is 0 Å². The number of anilines is 1. The normalized spacial score (nSPS) is 18.9. The highest BCUT2D eigenvalue weighted by atomic mass is 35.5. The molecule has 3 rings (SSSR count). The van der Waals surface area contributed by atoms with Crippen molar-refractivity contribution in [1.82, 2.24) is 9.97 Å². The van der Waals surface area contributed by atoms with Crippen LogP contribution in [0.5, 0.6) is 11.8 Å². The van der Waals surface area contributed by atoms with Crippen molar-refractivity contribution in [3.05, 3.63) is 42.7 Å². The van der Waals surface area contributed by atoms with Crippen LogP contribution in [-0.4, -0.2) is 20.2 Å². The van der Waals surface area contributed by atoms with Gasteiger partial charge in [0.25, 0.3) is 0 Å². The number of halogens is 2. The summed E-state index contributed by atoms with van der Waals surface area (Å²) in [5, 5.41) is 2.76. The van der Waals surface area contributed by atoms with E-state index in [1.165, 1.54) is 0 Å². The van der Waals surface area contributed by atoms with E-state index in [1.807, 2.05) is 0 Å². The van der Waals surface area contributed by atoms with Gasteiger partial charge in [-0.1, -0.05) is 0 Å². The summed E-state index contributed by atoms with van der Waals surface area (Å²) in [5.74, 6) is 0.0456. The number of alkyl halides is 2. The minimum atomic E-state index is -0.919. The van der Waals surface area contributed by atoms with Gasteiger partial charge in [-0.05, 0) is 36.8 Å². The second-order valence-corrected chi connectivity index (χ2v) is 6.21. The summed E-state index contributed by atoms with van der Waals surface area (Å²) in [7, 11) is 0. The fraction of sp³-hybridized carbons (Fsp3) is 0.214. The molecule has 1 unspecified atom stereocenters. The lowest BCUT2D eigenvalue weighted by molar-refractivity contribution is -0.117. The van der Waals surface area contributed by atoms with Crippen LogP contribution in [0.1, 0.15) is 6.42 Å². The molecule has 1 aliphatic rings. The number of ether oxygens (including phenoxy) is 1. The van der Waals surface area contributed by atoms with Gasteiger partial charge in [0, 0.05) is 18.1 Å². The molecule has 1 heterocycles. The molecule has 1 saturated carbocycles. The molecule has 108 valence electrons. The number of hydrogen-bond donors (Lipinski definition) is 1. The van der Waals surface area contributed by atoms with E-state index in [1.54, 1.807) is 42.7 Å². The summed E-state index contributed by atoms with van der Waals surface area (Å²) < 4.78 is 4.54. The summed E-state index contributed by atoms with van der Waals surface area (Å²) in [4.78, 5) is 19.8. The molecule has 1 aromatic heterocycles. The number of benzene rings is 1. The molecule has 7 heteroatoms. The molecule has 1 amide bonds. The van der Waals surface area contributed by atoms with Gasteiger partial charge in [-0.3, -0.25) is 4.79 Å². The van der Waals surface area contributed by atoms with Crippen molar-refractivity contribution in [3.8, 4) is 11.8 Å². The Hall–Kier alpha value is -1.85. The van der Waals surface area contributed by atoms with E-state index in [-0.39, 0.29) is 17.8 Å². The van der Waals surface area contributed by atoms with E-state index >= 15 is 0 Å². The number of hydrogen-bond acceptors (Lipinski definition) is 4. The van der Waals surface area contributed by atoms with Crippen molar-refractivity contribution in [2.24, 2.45) is 5.92 Å². The zero-order valence-electron chi connectivity index (χ0n) is 10.8. The van der Waals surface area contributed by atoms with Crippen LogP contribution in [-0.2, 0) is 4.79 Å². The van der Waals surface area contributed by atoms with Crippen molar-refractivity contribution in [2.45, 2.75) is 10.8 Å². The van der Waals surface area contributed by atoms with Gasteiger partial charge in [0.05, 0.1) is 5.92 Å². The van der Waals surface area contributed by atoms with Crippen LogP contribution < -0.4 is 10.1 Å². The monoisotopic (exact) mass is 323 g/mol. The van der Waals surface area contributed by atoms with Crippen LogP contribution in [0.3, 0.4) is 0 Å². The van der Waals surface area contributed by atoms with Gasteiger partial charge in [0.2, 0.25) is 5.91 Å². The Balaban J connectivity index is 1.61. The topological polar surface area (TPSA) is 64.1 Å². The van der Waals surface area contributed by atoms with Gasteiger partial charge in [-0.15, -0.1) is 23.2 Å². The lowest BCUT2D eigenvalue weighted by Crippen LogP contribution is -2.16. The smallest absolute Gasteiger partial charge is 0.321 e. The molecular formula is C14H11Cl2N3O2. The van der Waals surface area contributed by atoms with Gasteiger partial charge in [0.15, 0.2) is 0 Å². The van der Waals surface area contributed by atoms with Crippen LogP contribution >= 0.6 is 23.2 Å². The molecule has 5 nitrogen and oxygen atoms in total. The highest BCUT2D eigenvalue weighted by Crippen LogP contribution is 2.53. The Bertz CT molecular complexity index is 647. The maximum atomic E-state index is 11.8. The van der Waals surface area contributed by atoms with Gasteiger partial charge in [-0.2, -0.15) is 0 Å². The van der Waals surface area contributed by atoms with Crippen molar-refractivity contribution in [2.75, 3.05) is 5.32 Å². The number of nitrogens with zero attached hydrogens (tertiary/aromatic N) is 2. The lowest BCUT2D eigenvalue weighted by atomic mass is 10.3. The second kappa shape index (κ2) is 5.50. The maximum Gasteiger partial charge on any atom is 0.321 e. The van der Waals surface area contributed by atoms with E-state index in [0.29, 0.717) is 17.9 Å². The third kappa shape index (κ3) is 3.43. The fourth-order valence-electron chi connectivity index (χ4n) is 1.78. The molecule has 0 aliphatic heterocycles. The zero-order valence-corrected chi connectivity index (χ0v) is 12.3. The number of nitrogens with one attached hydrogen (secondary N) is 1. The Morgan fingerprint density at radius 2 is 1.86 bits per heavy atom. The molecule has 0 spiro atoms.